The first-order valence-corrected chi connectivity index (χ1v) is 8.51. The number of para-hydroxylation sites is 1. The van der Waals surface area contributed by atoms with E-state index in [4.69, 9.17) is 4.74 Å². The molecule has 11 nitrogen and oxygen atoms in total. The highest BCUT2D eigenvalue weighted by atomic mass is 19.1. The van der Waals surface area contributed by atoms with Gasteiger partial charge in [-0.1, -0.05) is 12.1 Å². The molecule has 12 heteroatoms. The number of nitro benzene ring substituents is 1. The Morgan fingerprint density at radius 1 is 1.23 bits per heavy atom. The van der Waals surface area contributed by atoms with E-state index in [0.29, 0.717) is 0 Å². The summed E-state index contributed by atoms with van der Waals surface area (Å²) in [6.45, 7) is 1.37. The monoisotopic (exact) mass is 414 g/mol. The third-order valence-electron chi connectivity index (χ3n) is 3.91. The van der Waals surface area contributed by atoms with Crippen molar-refractivity contribution in [1.82, 2.24) is 25.6 Å². The number of benzene rings is 2. The van der Waals surface area contributed by atoms with Gasteiger partial charge in [-0.2, -0.15) is 5.10 Å². The number of nitro groups is 1. The van der Waals surface area contributed by atoms with Gasteiger partial charge in [-0.3, -0.25) is 30.6 Å². The fourth-order valence-electron chi connectivity index (χ4n) is 2.41. The van der Waals surface area contributed by atoms with Gasteiger partial charge in [0.15, 0.2) is 17.7 Å². The number of rotatable bonds is 6. The number of aromatic nitrogens is 3. The van der Waals surface area contributed by atoms with E-state index < -0.39 is 28.7 Å². The Hall–Kier alpha value is -4.35. The first-order chi connectivity index (χ1) is 14.4. The van der Waals surface area contributed by atoms with E-state index in [-0.39, 0.29) is 22.7 Å². The maximum absolute atomic E-state index is 13.6. The lowest BCUT2D eigenvalue weighted by molar-refractivity contribution is -0.384. The van der Waals surface area contributed by atoms with Crippen molar-refractivity contribution >= 4 is 17.5 Å². The fourth-order valence-corrected chi connectivity index (χ4v) is 2.41. The summed E-state index contributed by atoms with van der Waals surface area (Å²) in [6, 6.07) is 9.24. The number of hydrazine groups is 1. The van der Waals surface area contributed by atoms with Crippen molar-refractivity contribution in [2.24, 2.45) is 0 Å². The summed E-state index contributed by atoms with van der Waals surface area (Å²) >= 11 is 0. The Morgan fingerprint density at radius 3 is 2.67 bits per heavy atom. The number of amides is 2. The second kappa shape index (κ2) is 8.77. The lowest BCUT2D eigenvalue weighted by atomic mass is 10.1. The van der Waals surface area contributed by atoms with Crippen LogP contribution in [0.3, 0.4) is 0 Å². The molecule has 2 aromatic carbocycles. The minimum Gasteiger partial charge on any atom is -0.478 e. The molecule has 0 bridgehead atoms. The van der Waals surface area contributed by atoms with Crippen LogP contribution in [-0.4, -0.2) is 37.6 Å². The lowest BCUT2D eigenvalue weighted by Gasteiger charge is -2.15. The van der Waals surface area contributed by atoms with Crippen LogP contribution in [0, 0.1) is 15.9 Å². The molecular weight excluding hydrogens is 399 g/mol. The largest absolute Gasteiger partial charge is 0.478 e. The van der Waals surface area contributed by atoms with Gasteiger partial charge in [0.1, 0.15) is 18.3 Å². The molecule has 0 saturated carbocycles. The zero-order chi connectivity index (χ0) is 21.7. The predicted molar refractivity (Wildman–Crippen MR) is 100 cm³/mol. The van der Waals surface area contributed by atoms with Crippen molar-refractivity contribution in [3.8, 4) is 11.4 Å². The van der Waals surface area contributed by atoms with Gasteiger partial charge < -0.3 is 4.74 Å². The van der Waals surface area contributed by atoms with Crippen molar-refractivity contribution in [2.75, 3.05) is 0 Å². The molecule has 30 heavy (non-hydrogen) atoms. The molecule has 154 valence electrons. The maximum Gasteiger partial charge on any atom is 0.295 e. The highest BCUT2D eigenvalue weighted by Crippen LogP contribution is 2.23. The molecule has 1 aromatic heterocycles. The molecule has 0 saturated heterocycles. The van der Waals surface area contributed by atoms with Crippen molar-refractivity contribution in [3.63, 3.8) is 0 Å². The quantitative estimate of drug-likeness (QED) is 0.460. The van der Waals surface area contributed by atoms with Gasteiger partial charge in [-0.15, -0.1) is 0 Å². The van der Waals surface area contributed by atoms with Gasteiger partial charge in [0.25, 0.3) is 17.5 Å². The Bertz CT molecular complexity index is 1090. The topological polar surface area (TPSA) is 141 Å². The molecule has 0 aliphatic carbocycles. The number of nitrogens with one attached hydrogen (secondary N) is 2. The smallest absolute Gasteiger partial charge is 0.295 e. The van der Waals surface area contributed by atoms with Crippen LogP contribution in [0.1, 0.15) is 17.3 Å². The van der Waals surface area contributed by atoms with E-state index in [2.05, 4.69) is 20.9 Å². The number of carbonyl (C=O) groups excluding carboxylic acids is 2. The minimum atomic E-state index is -1.12. The van der Waals surface area contributed by atoms with Gasteiger partial charge in [-0.25, -0.2) is 14.1 Å². The summed E-state index contributed by atoms with van der Waals surface area (Å²) in [4.78, 5) is 38.7. The number of carbonyl (C=O) groups is 2. The standard InChI is InChI=1S/C18H15FN6O5/c1-11(30-16-5-3-2-4-13(16)19)17(26)22-23-18(27)12-6-7-14(15(8-12)25(28)29)24-10-20-9-21-24/h2-11H,1H3,(H,22,26)(H,23,27)/t11-/m0/s1. The van der Waals surface area contributed by atoms with Gasteiger partial charge >= 0.3 is 0 Å². The number of hydrogen-bond acceptors (Lipinski definition) is 7. The molecule has 1 heterocycles. The van der Waals surface area contributed by atoms with Gasteiger partial charge in [-0.05, 0) is 31.2 Å². The van der Waals surface area contributed by atoms with Crippen molar-refractivity contribution in [3.05, 3.63) is 76.6 Å². The summed E-state index contributed by atoms with van der Waals surface area (Å²) in [7, 11) is 0. The Labute approximate surface area is 168 Å². The Morgan fingerprint density at radius 2 is 2.00 bits per heavy atom. The Balaban J connectivity index is 1.66. The van der Waals surface area contributed by atoms with Crippen LogP contribution in [0.5, 0.6) is 5.75 Å². The lowest BCUT2D eigenvalue weighted by Crippen LogP contribution is -2.47. The van der Waals surface area contributed by atoms with Gasteiger partial charge in [0.05, 0.1) is 4.92 Å². The molecule has 0 unspecified atom stereocenters. The SMILES string of the molecule is C[C@H](Oc1ccccc1F)C(=O)NNC(=O)c1ccc(-n2cncn2)c([N+](=O)[O-])c1. The molecule has 2 amide bonds. The molecule has 2 N–H and O–H groups in total. The van der Waals surface area contributed by atoms with Gasteiger partial charge in [0, 0.05) is 11.6 Å². The third kappa shape index (κ3) is 4.55. The normalized spacial score (nSPS) is 11.4. The van der Waals surface area contributed by atoms with E-state index in [1.54, 1.807) is 6.07 Å². The van der Waals surface area contributed by atoms with Crippen LogP contribution >= 0.6 is 0 Å². The van der Waals surface area contributed by atoms with E-state index in [1.165, 1.54) is 54.6 Å². The minimum absolute atomic E-state index is 0.0754. The van der Waals surface area contributed by atoms with E-state index >= 15 is 0 Å². The average molecular weight is 414 g/mol. The average Bonchev–Trinajstić information content (AvgIpc) is 3.27. The van der Waals surface area contributed by atoms with Gasteiger partial charge in [0.2, 0.25) is 0 Å². The molecule has 0 aliphatic heterocycles. The van der Waals surface area contributed by atoms with Crippen LogP contribution < -0.4 is 15.6 Å². The molecule has 0 aliphatic rings. The van der Waals surface area contributed by atoms with E-state index in [0.717, 1.165) is 6.07 Å². The van der Waals surface area contributed by atoms with Crippen LogP contribution in [0.4, 0.5) is 10.1 Å². The molecule has 3 rings (SSSR count). The van der Waals surface area contributed by atoms with E-state index in [9.17, 15) is 24.1 Å². The highest BCUT2D eigenvalue weighted by Gasteiger charge is 2.21. The zero-order valence-corrected chi connectivity index (χ0v) is 15.5. The fraction of sp³-hybridized carbons (Fsp3) is 0.111. The second-order valence-electron chi connectivity index (χ2n) is 5.93. The maximum atomic E-state index is 13.6. The van der Waals surface area contributed by atoms with Crippen molar-refractivity contribution in [1.29, 1.82) is 0 Å². The number of nitrogens with zero attached hydrogens (tertiary/aromatic N) is 4. The van der Waals surface area contributed by atoms with Crippen LogP contribution in [0.2, 0.25) is 0 Å². The molecule has 0 radical (unpaired) electrons. The molecule has 1 atom stereocenters. The number of ether oxygens (including phenoxy) is 1. The summed E-state index contributed by atoms with van der Waals surface area (Å²) in [5.74, 6) is -2.30. The summed E-state index contributed by atoms with van der Waals surface area (Å²) in [6.07, 6.45) is 1.37. The zero-order valence-electron chi connectivity index (χ0n) is 15.5. The van der Waals surface area contributed by atoms with Crippen molar-refractivity contribution in [2.45, 2.75) is 13.0 Å². The Kier molecular flexibility index (Phi) is 5.96. The van der Waals surface area contributed by atoms with Crippen LogP contribution in [0.15, 0.2) is 55.1 Å². The van der Waals surface area contributed by atoms with Crippen LogP contribution in [-0.2, 0) is 4.79 Å². The first kappa shape index (κ1) is 20.4. The van der Waals surface area contributed by atoms with Crippen LogP contribution in [0.25, 0.3) is 5.69 Å². The summed E-state index contributed by atoms with van der Waals surface area (Å²) in [5, 5.41) is 15.2. The first-order valence-electron chi connectivity index (χ1n) is 8.51. The molecule has 3 aromatic rings. The number of hydrogen-bond donors (Lipinski definition) is 2. The second-order valence-corrected chi connectivity index (χ2v) is 5.93. The van der Waals surface area contributed by atoms with E-state index in [1.807, 2.05) is 0 Å². The number of halogens is 1. The summed E-state index contributed by atoms with van der Waals surface area (Å²) in [5.41, 5.74) is 3.92. The predicted octanol–water partition coefficient (Wildman–Crippen LogP) is 1.54. The summed E-state index contributed by atoms with van der Waals surface area (Å²) < 4.78 is 20.0. The molecule has 0 spiro atoms. The highest BCUT2D eigenvalue weighted by molar-refractivity contribution is 5.96. The third-order valence-corrected chi connectivity index (χ3v) is 3.91. The molecular formula is C18H15FN6O5. The molecule has 0 fully saturated rings. The van der Waals surface area contributed by atoms with Crippen molar-refractivity contribution < 1.29 is 23.6 Å².